The SMILES string of the molecule is Cc1c(C(=O)C(SC(=S)N2CCN(C)CC2)SC(=S)N2CCN(C)CC2)nnn1-c1ccc([N+](=O)[O-])cc1. The van der Waals surface area contributed by atoms with E-state index in [2.05, 4.69) is 44.0 Å². The van der Waals surface area contributed by atoms with E-state index in [4.69, 9.17) is 24.4 Å². The predicted octanol–water partition coefficient (Wildman–Crippen LogP) is 2.52. The van der Waals surface area contributed by atoms with E-state index >= 15 is 0 Å². The molecule has 0 bridgehead atoms. The van der Waals surface area contributed by atoms with Gasteiger partial charge in [-0.2, -0.15) is 0 Å². The number of ketones is 1. The van der Waals surface area contributed by atoms with Gasteiger partial charge in [-0.25, -0.2) is 4.68 Å². The maximum atomic E-state index is 13.9. The fourth-order valence-electron chi connectivity index (χ4n) is 4.07. The molecule has 2 saturated heterocycles. The minimum absolute atomic E-state index is 0.0227. The summed E-state index contributed by atoms with van der Waals surface area (Å²) in [4.78, 5) is 33.2. The number of carbonyl (C=O) groups excluding carboxylic acids is 1. The Labute approximate surface area is 241 Å². The zero-order valence-corrected chi connectivity index (χ0v) is 24.7. The molecule has 2 aliphatic heterocycles. The van der Waals surface area contributed by atoms with Gasteiger partial charge in [0.15, 0.2) is 5.69 Å². The van der Waals surface area contributed by atoms with Crippen molar-refractivity contribution in [1.29, 1.82) is 0 Å². The highest BCUT2D eigenvalue weighted by Crippen LogP contribution is 2.33. The van der Waals surface area contributed by atoms with Crippen LogP contribution in [0.2, 0.25) is 0 Å². The lowest BCUT2D eigenvalue weighted by atomic mass is 10.2. The number of thioether (sulfide) groups is 2. The van der Waals surface area contributed by atoms with Crippen molar-refractivity contribution in [1.82, 2.24) is 34.6 Å². The van der Waals surface area contributed by atoms with E-state index < -0.39 is 9.51 Å². The van der Waals surface area contributed by atoms with Gasteiger partial charge in [0.05, 0.1) is 16.3 Å². The smallest absolute Gasteiger partial charge is 0.269 e. The molecule has 2 aliphatic rings. The van der Waals surface area contributed by atoms with Crippen molar-refractivity contribution in [3.8, 4) is 5.69 Å². The molecule has 2 aromatic rings. The van der Waals surface area contributed by atoms with Crippen molar-refractivity contribution in [3.63, 3.8) is 0 Å². The second-order valence-electron chi connectivity index (χ2n) is 9.25. The molecule has 0 aliphatic carbocycles. The van der Waals surface area contributed by atoms with Crippen molar-refractivity contribution < 1.29 is 9.72 Å². The van der Waals surface area contributed by atoms with E-state index in [1.807, 2.05) is 0 Å². The number of nitro benzene ring substituents is 1. The molecule has 1 aromatic carbocycles. The van der Waals surface area contributed by atoms with Crippen molar-refractivity contribution in [2.45, 2.75) is 11.5 Å². The number of nitrogens with zero attached hydrogens (tertiary/aromatic N) is 8. The molecule has 1 aromatic heterocycles. The highest BCUT2D eigenvalue weighted by Gasteiger charge is 2.32. The lowest BCUT2D eigenvalue weighted by Gasteiger charge is -2.36. The molecular formula is C23H30N8O3S4. The minimum Gasteiger partial charge on any atom is -0.355 e. The first-order valence-corrected chi connectivity index (χ1v) is 14.7. The number of hydrogen-bond acceptors (Lipinski definition) is 11. The summed E-state index contributed by atoms with van der Waals surface area (Å²) in [5.74, 6) is -0.210. The Morgan fingerprint density at radius 1 is 0.921 bits per heavy atom. The number of likely N-dealkylation sites (N-methyl/N-ethyl adjacent to an activating group) is 2. The summed E-state index contributed by atoms with van der Waals surface area (Å²) in [6.45, 7) is 8.66. The summed E-state index contributed by atoms with van der Waals surface area (Å²) in [5.41, 5.74) is 1.34. The average molecular weight is 595 g/mol. The highest BCUT2D eigenvalue weighted by molar-refractivity contribution is 8.37. The number of rotatable bonds is 6. The molecule has 2 fully saturated rings. The molecule has 0 atom stereocenters. The number of aromatic nitrogens is 3. The predicted molar refractivity (Wildman–Crippen MR) is 159 cm³/mol. The summed E-state index contributed by atoms with van der Waals surface area (Å²) < 4.78 is 2.24. The molecule has 0 unspecified atom stereocenters. The van der Waals surface area contributed by atoms with Crippen molar-refractivity contribution in [2.75, 3.05) is 66.5 Å². The molecule has 15 heteroatoms. The lowest BCUT2D eigenvalue weighted by Crippen LogP contribution is -2.47. The van der Waals surface area contributed by atoms with Crippen LogP contribution in [0.5, 0.6) is 0 Å². The zero-order valence-electron chi connectivity index (χ0n) is 21.5. The monoisotopic (exact) mass is 594 g/mol. The number of benzene rings is 1. The Kier molecular flexibility index (Phi) is 9.70. The Bertz CT molecular complexity index is 1160. The van der Waals surface area contributed by atoms with Crippen LogP contribution in [0, 0.1) is 17.0 Å². The van der Waals surface area contributed by atoms with Gasteiger partial charge in [0.2, 0.25) is 5.78 Å². The molecule has 204 valence electrons. The number of non-ortho nitro benzene ring substituents is 1. The van der Waals surface area contributed by atoms with Crippen molar-refractivity contribution in [2.24, 2.45) is 0 Å². The molecule has 4 rings (SSSR count). The van der Waals surface area contributed by atoms with Crippen LogP contribution in [0.3, 0.4) is 0 Å². The maximum Gasteiger partial charge on any atom is 0.269 e. The van der Waals surface area contributed by atoms with Gasteiger partial charge in [-0.05, 0) is 33.2 Å². The van der Waals surface area contributed by atoms with Crippen LogP contribution < -0.4 is 0 Å². The molecule has 0 saturated carbocycles. The van der Waals surface area contributed by atoms with Crippen LogP contribution in [-0.2, 0) is 0 Å². The van der Waals surface area contributed by atoms with E-state index in [9.17, 15) is 14.9 Å². The largest absolute Gasteiger partial charge is 0.355 e. The zero-order chi connectivity index (χ0) is 27.4. The van der Waals surface area contributed by atoms with Crippen LogP contribution >= 0.6 is 48.0 Å². The summed E-state index contributed by atoms with van der Waals surface area (Å²) >= 11 is 14.2. The van der Waals surface area contributed by atoms with E-state index in [1.165, 1.54) is 40.3 Å². The standard InChI is InChI=1S/C23H30N8O3S4/c1-16-19(24-25-30(16)17-4-6-18(7-5-17)31(33)34)20(32)21(37-22(35)28-12-8-26(2)9-13-28)38-23(36)29-14-10-27(3)11-15-29/h4-7,21H,8-15H2,1-3H3. The van der Waals surface area contributed by atoms with Gasteiger partial charge in [-0.1, -0.05) is 53.2 Å². The first-order chi connectivity index (χ1) is 18.1. The summed E-state index contributed by atoms with van der Waals surface area (Å²) in [5, 5.41) is 19.4. The van der Waals surface area contributed by atoms with E-state index in [-0.39, 0.29) is 17.2 Å². The molecule has 3 heterocycles. The fraction of sp³-hybridized carbons (Fsp3) is 0.522. The van der Waals surface area contributed by atoms with Crippen LogP contribution in [-0.4, -0.2) is 125 Å². The van der Waals surface area contributed by atoms with Gasteiger partial charge in [-0.15, -0.1) is 5.10 Å². The van der Waals surface area contributed by atoms with Gasteiger partial charge in [0.1, 0.15) is 13.2 Å². The Morgan fingerprint density at radius 3 is 1.84 bits per heavy atom. The van der Waals surface area contributed by atoms with Crippen LogP contribution in [0.4, 0.5) is 5.69 Å². The van der Waals surface area contributed by atoms with Gasteiger partial charge in [0, 0.05) is 64.5 Å². The summed E-state index contributed by atoms with van der Waals surface area (Å²) in [7, 11) is 4.17. The minimum atomic E-state index is -0.616. The molecule has 0 radical (unpaired) electrons. The summed E-state index contributed by atoms with van der Waals surface area (Å²) in [6, 6.07) is 5.96. The van der Waals surface area contributed by atoms with E-state index in [1.54, 1.807) is 19.1 Å². The Morgan fingerprint density at radius 2 is 1.39 bits per heavy atom. The third-order valence-corrected chi connectivity index (χ3v) is 10.0. The molecule has 0 spiro atoms. The summed E-state index contributed by atoms with van der Waals surface area (Å²) in [6.07, 6.45) is 0. The van der Waals surface area contributed by atoms with Crippen LogP contribution in [0.25, 0.3) is 5.69 Å². The van der Waals surface area contributed by atoms with Crippen LogP contribution in [0.1, 0.15) is 16.2 Å². The first-order valence-electron chi connectivity index (χ1n) is 12.1. The Balaban J connectivity index is 1.54. The second-order valence-corrected chi connectivity index (χ2v) is 13.0. The normalized spacial score (nSPS) is 17.2. The molecule has 11 nitrogen and oxygen atoms in total. The number of hydrogen-bond donors (Lipinski definition) is 0. The van der Waals surface area contributed by atoms with Crippen LogP contribution in [0.15, 0.2) is 24.3 Å². The topological polar surface area (TPSA) is 104 Å². The molecule has 0 amide bonds. The lowest BCUT2D eigenvalue weighted by molar-refractivity contribution is -0.384. The average Bonchev–Trinajstić information content (AvgIpc) is 3.29. The third kappa shape index (κ3) is 6.87. The molecular weight excluding hydrogens is 565 g/mol. The van der Waals surface area contributed by atoms with Gasteiger partial charge in [0.25, 0.3) is 5.69 Å². The molecule has 38 heavy (non-hydrogen) atoms. The van der Waals surface area contributed by atoms with Gasteiger partial charge in [-0.3, -0.25) is 14.9 Å². The Hall–Kier alpha value is -2.17. The van der Waals surface area contributed by atoms with Crippen molar-refractivity contribution in [3.05, 3.63) is 45.8 Å². The molecule has 0 N–H and O–H groups in total. The number of carbonyl (C=O) groups is 1. The van der Waals surface area contributed by atoms with E-state index in [0.29, 0.717) is 20.0 Å². The van der Waals surface area contributed by atoms with Crippen molar-refractivity contribution >= 4 is 68.1 Å². The number of nitro groups is 1. The fourth-order valence-corrected chi connectivity index (χ4v) is 7.58. The quantitative estimate of drug-likeness (QED) is 0.161. The van der Waals surface area contributed by atoms with Gasteiger partial charge >= 0.3 is 0 Å². The maximum absolute atomic E-state index is 13.9. The van der Waals surface area contributed by atoms with E-state index in [0.717, 1.165) is 52.4 Å². The second kappa shape index (κ2) is 12.8. The number of piperazine rings is 2. The van der Waals surface area contributed by atoms with Gasteiger partial charge < -0.3 is 19.6 Å². The number of thiocarbonyl (C=S) groups is 2. The third-order valence-electron chi connectivity index (χ3n) is 6.59. The number of Topliss-reactive ketones (excluding diaryl/α,β-unsaturated/α-hetero) is 1. The highest BCUT2D eigenvalue weighted by atomic mass is 32.2. The first kappa shape index (κ1) is 28.8.